The van der Waals surface area contributed by atoms with Crippen LogP contribution in [0.1, 0.15) is 10.4 Å². The quantitative estimate of drug-likeness (QED) is 0.690. The third kappa shape index (κ3) is 2.51. The zero-order chi connectivity index (χ0) is 11.5. The number of piperazine rings is 1. The Morgan fingerprint density at radius 2 is 2.00 bits per heavy atom. The maximum absolute atomic E-state index is 12.0. The molecule has 1 aromatic heterocycles. The Morgan fingerprint density at radius 3 is 2.56 bits per heavy atom. The molecule has 16 heavy (non-hydrogen) atoms. The number of aromatic nitrogens is 1. The highest BCUT2D eigenvalue weighted by Crippen LogP contribution is 2.09. The van der Waals surface area contributed by atoms with Crippen LogP contribution in [0.3, 0.4) is 0 Å². The predicted molar refractivity (Wildman–Crippen MR) is 62.6 cm³/mol. The minimum Gasteiger partial charge on any atom is -0.336 e. The smallest absolute Gasteiger partial charge is 0.255 e. The van der Waals surface area contributed by atoms with Gasteiger partial charge in [-0.15, -0.1) is 0 Å². The van der Waals surface area contributed by atoms with Crippen LogP contribution >= 0.6 is 11.6 Å². The average molecular weight is 240 g/mol. The molecule has 0 unspecified atom stereocenters. The first-order valence-electron chi connectivity index (χ1n) is 5.26. The van der Waals surface area contributed by atoms with E-state index in [2.05, 4.69) is 16.9 Å². The Morgan fingerprint density at radius 1 is 1.31 bits per heavy atom. The molecule has 0 saturated carbocycles. The molecule has 2 heterocycles. The molecule has 0 N–H and O–H groups in total. The third-order valence-electron chi connectivity index (χ3n) is 2.76. The van der Waals surface area contributed by atoms with Crippen molar-refractivity contribution in [1.82, 2.24) is 14.8 Å². The second-order valence-electron chi connectivity index (χ2n) is 3.97. The van der Waals surface area contributed by atoms with Crippen LogP contribution in [0.15, 0.2) is 18.3 Å². The lowest BCUT2D eigenvalue weighted by Gasteiger charge is -2.32. The molecular formula is C11H14ClN3O. The van der Waals surface area contributed by atoms with Gasteiger partial charge >= 0.3 is 0 Å². The van der Waals surface area contributed by atoms with E-state index in [1.165, 1.54) is 6.20 Å². The van der Waals surface area contributed by atoms with E-state index in [-0.39, 0.29) is 5.91 Å². The van der Waals surface area contributed by atoms with Crippen LogP contribution in [-0.2, 0) is 0 Å². The molecule has 0 radical (unpaired) electrons. The highest BCUT2D eigenvalue weighted by molar-refractivity contribution is 6.29. The molecule has 0 aliphatic carbocycles. The van der Waals surface area contributed by atoms with Gasteiger partial charge in [0.25, 0.3) is 5.91 Å². The fourth-order valence-corrected chi connectivity index (χ4v) is 1.81. The normalized spacial score (nSPS) is 17.5. The van der Waals surface area contributed by atoms with Crippen molar-refractivity contribution in [1.29, 1.82) is 0 Å². The van der Waals surface area contributed by atoms with Crippen LogP contribution < -0.4 is 0 Å². The molecule has 5 heteroatoms. The van der Waals surface area contributed by atoms with Crippen molar-refractivity contribution in [3.8, 4) is 0 Å². The predicted octanol–water partition coefficient (Wildman–Crippen LogP) is 1.12. The van der Waals surface area contributed by atoms with E-state index in [1.807, 2.05) is 4.90 Å². The van der Waals surface area contributed by atoms with E-state index < -0.39 is 0 Å². The van der Waals surface area contributed by atoms with Crippen LogP contribution in [-0.4, -0.2) is 53.9 Å². The Hall–Kier alpha value is -1.13. The number of amides is 1. The number of hydrogen-bond donors (Lipinski definition) is 0. The molecule has 1 fully saturated rings. The lowest BCUT2D eigenvalue weighted by atomic mass is 10.2. The lowest BCUT2D eigenvalue weighted by Crippen LogP contribution is -2.47. The largest absolute Gasteiger partial charge is 0.336 e. The summed E-state index contributed by atoms with van der Waals surface area (Å²) < 4.78 is 0. The van der Waals surface area contributed by atoms with Crippen LogP contribution in [0.25, 0.3) is 0 Å². The molecule has 86 valence electrons. The van der Waals surface area contributed by atoms with Gasteiger partial charge in [0, 0.05) is 32.4 Å². The summed E-state index contributed by atoms with van der Waals surface area (Å²) in [6.07, 6.45) is 1.53. The van der Waals surface area contributed by atoms with E-state index in [1.54, 1.807) is 12.1 Å². The Bertz CT molecular complexity index is 371. The second-order valence-corrected chi connectivity index (χ2v) is 4.35. The summed E-state index contributed by atoms with van der Waals surface area (Å²) in [5.41, 5.74) is 0.606. The third-order valence-corrected chi connectivity index (χ3v) is 2.99. The molecule has 0 atom stereocenters. The number of hydrogen-bond acceptors (Lipinski definition) is 3. The molecule has 1 saturated heterocycles. The summed E-state index contributed by atoms with van der Waals surface area (Å²) in [5, 5.41) is 0.412. The number of likely N-dealkylation sites (N-methyl/N-ethyl adjacent to an activating group) is 1. The van der Waals surface area contributed by atoms with Gasteiger partial charge in [0.15, 0.2) is 0 Å². The van der Waals surface area contributed by atoms with E-state index >= 15 is 0 Å². The second kappa shape index (κ2) is 4.80. The molecule has 1 amide bonds. The molecule has 0 aromatic carbocycles. The zero-order valence-electron chi connectivity index (χ0n) is 9.19. The minimum absolute atomic E-state index is 0.0391. The van der Waals surface area contributed by atoms with Crippen molar-refractivity contribution in [2.75, 3.05) is 33.2 Å². The number of rotatable bonds is 1. The Labute approximate surface area is 99.8 Å². The van der Waals surface area contributed by atoms with Gasteiger partial charge in [-0.05, 0) is 19.2 Å². The molecule has 2 rings (SSSR count). The summed E-state index contributed by atoms with van der Waals surface area (Å²) in [6.45, 7) is 3.40. The summed E-state index contributed by atoms with van der Waals surface area (Å²) in [6, 6.07) is 3.36. The molecular weight excluding hydrogens is 226 g/mol. The fraction of sp³-hybridized carbons (Fsp3) is 0.455. The van der Waals surface area contributed by atoms with Crippen molar-refractivity contribution >= 4 is 17.5 Å². The Kier molecular flexibility index (Phi) is 3.41. The van der Waals surface area contributed by atoms with Crippen molar-refractivity contribution < 1.29 is 4.79 Å². The molecule has 1 aromatic rings. The summed E-state index contributed by atoms with van der Waals surface area (Å²) in [4.78, 5) is 20.0. The van der Waals surface area contributed by atoms with E-state index in [4.69, 9.17) is 11.6 Å². The summed E-state index contributed by atoms with van der Waals surface area (Å²) in [7, 11) is 2.06. The van der Waals surface area contributed by atoms with E-state index in [9.17, 15) is 4.79 Å². The van der Waals surface area contributed by atoms with Gasteiger partial charge in [0.05, 0.1) is 5.56 Å². The van der Waals surface area contributed by atoms with E-state index in [0.29, 0.717) is 10.7 Å². The van der Waals surface area contributed by atoms with Crippen molar-refractivity contribution in [2.45, 2.75) is 0 Å². The number of carbonyl (C=O) groups excluding carboxylic acids is 1. The highest BCUT2D eigenvalue weighted by Gasteiger charge is 2.20. The standard InChI is InChI=1S/C11H14ClN3O/c1-14-4-6-15(7-5-14)11(16)9-2-3-10(12)13-8-9/h2-3,8H,4-7H2,1H3. The fourth-order valence-electron chi connectivity index (χ4n) is 1.69. The molecule has 1 aliphatic heterocycles. The first-order chi connectivity index (χ1) is 7.66. The topological polar surface area (TPSA) is 36.4 Å². The van der Waals surface area contributed by atoms with E-state index in [0.717, 1.165) is 26.2 Å². The van der Waals surface area contributed by atoms with Gasteiger partial charge in [-0.25, -0.2) is 4.98 Å². The van der Waals surface area contributed by atoms with Gasteiger partial charge in [0.1, 0.15) is 5.15 Å². The summed E-state index contributed by atoms with van der Waals surface area (Å²) >= 11 is 5.68. The maximum Gasteiger partial charge on any atom is 0.255 e. The molecule has 4 nitrogen and oxygen atoms in total. The minimum atomic E-state index is 0.0391. The van der Waals surface area contributed by atoms with Crippen molar-refractivity contribution in [2.24, 2.45) is 0 Å². The monoisotopic (exact) mass is 239 g/mol. The van der Waals surface area contributed by atoms with Gasteiger partial charge in [-0.3, -0.25) is 4.79 Å². The highest BCUT2D eigenvalue weighted by atomic mass is 35.5. The van der Waals surface area contributed by atoms with Gasteiger partial charge in [-0.1, -0.05) is 11.6 Å². The van der Waals surface area contributed by atoms with Crippen molar-refractivity contribution in [3.05, 3.63) is 29.0 Å². The summed E-state index contributed by atoms with van der Waals surface area (Å²) in [5.74, 6) is 0.0391. The first-order valence-corrected chi connectivity index (χ1v) is 5.64. The number of nitrogens with zero attached hydrogens (tertiary/aromatic N) is 3. The number of carbonyl (C=O) groups is 1. The average Bonchev–Trinajstić information content (AvgIpc) is 2.30. The number of halogens is 1. The Balaban J connectivity index is 2.05. The number of pyridine rings is 1. The molecule has 0 spiro atoms. The lowest BCUT2D eigenvalue weighted by molar-refractivity contribution is 0.0663. The zero-order valence-corrected chi connectivity index (χ0v) is 9.94. The van der Waals surface area contributed by atoms with Crippen LogP contribution in [0.2, 0.25) is 5.15 Å². The SMILES string of the molecule is CN1CCN(C(=O)c2ccc(Cl)nc2)CC1. The maximum atomic E-state index is 12.0. The van der Waals surface area contributed by atoms with Crippen LogP contribution in [0.5, 0.6) is 0 Å². The van der Waals surface area contributed by atoms with Gasteiger partial charge in [0.2, 0.25) is 0 Å². The van der Waals surface area contributed by atoms with Gasteiger partial charge < -0.3 is 9.80 Å². The molecule has 1 aliphatic rings. The molecule has 0 bridgehead atoms. The van der Waals surface area contributed by atoms with Gasteiger partial charge in [-0.2, -0.15) is 0 Å². The van der Waals surface area contributed by atoms with Crippen LogP contribution in [0, 0.1) is 0 Å². The first kappa shape index (κ1) is 11.4. The van der Waals surface area contributed by atoms with Crippen molar-refractivity contribution in [3.63, 3.8) is 0 Å². The van der Waals surface area contributed by atoms with Crippen LogP contribution in [0.4, 0.5) is 0 Å².